The molecule has 1 amide bonds. The third kappa shape index (κ3) is 11.7. The van der Waals surface area contributed by atoms with E-state index in [-0.39, 0.29) is 29.1 Å². The predicted molar refractivity (Wildman–Crippen MR) is 233 cm³/mol. The molecule has 0 aliphatic carbocycles. The zero-order valence-electron chi connectivity index (χ0n) is 36.4. The highest BCUT2D eigenvalue weighted by Gasteiger charge is 2.46. The summed E-state index contributed by atoms with van der Waals surface area (Å²) >= 11 is 1.65. The zero-order chi connectivity index (χ0) is 40.6. The van der Waals surface area contributed by atoms with E-state index in [0.29, 0.717) is 33.3 Å². The normalized spacial score (nSPS) is 19.7. The van der Waals surface area contributed by atoms with Crippen LogP contribution in [0.25, 0.3) is 16.1 Å². The van der Waals surface area contributed by atoms with Crippen molar-refractivity contribution < 1.29 is 23.4 Å². The molecule has 0 N–H and O–H groups in total. The third-order valence-electron chi connectivity index (χ3n) is 11.2. The average molecular weight is 831 g/mol. The van der Waals surface area contributed by atoms with Crippen molar-refractivity contribution in [2.75, 3.05) is 31.6 Å². The molecule has 0 radical (unpaired) electrons. The molecule has 0 spiro atoms. The topological polar surface area (TPSA) is 104 Å². The molecular formula is C40H70N6O5SSi3. The van der Waals surface area contributed by atoms with Gasteiger partial charge in [0.05, 0.1) is 23.2 Å². The minimum absolute atomic E-state index is 0.122. The molecule has 5 rings (SSSR count). The van der Waals surface area contributed by atoms with Gasteiger partial charge in [0, 0.05) is 65.3 Å². The lowest BCUT2D eigenvalue weighted by Crippen LogP contribution is -2.48. The number of amides is 1. The van der Waals surface area contributed by atoms with Gasteiger partial charge in [0.25, 0.3) is 0 Å². The van der Waals surface area contributed by atoms with Crippen LogP contribution in [0.1, 0.15) is 83.8 Å². The van der Waals surface area contributed by atoms with Crippen LogP contribution in [0.2, 0.25) is 69.5 Å². The Morgan fingerprint density at radius 3 is 2.00 bits per heavy atom. The van der Waals surface area contributed by atoms with Crippen LogP contribution in [-0.2, 0) is 25.2 Å². The van der Waals surface area contributed by atoms with E-state index in [9.17, 15) is 4.79 Å². The van der Waals surface area contributed by atoms with E-state index < -0.39 is 30.1 Å². The van der Waals surface area contributed by atoms with Crippen molar-refractivity contribution in [2.24, 2.45) is 0 Å². The predicted octanol–water partition coefficient (Wildman–Crippen LogP) is 10.5. The molecule has 2 fully saturated rings. The Bertz CT molecular complexity index is 1720. The van der Waals surface area contributed by atoms with Crippen LogP contribution in [0, 0.1) is 0 Å². The molecule has 2 saturated heterocycles. The molecular weight excluding hydrogens is 761 g/mol. The Kier molecular flexibility index (Phi) is 13.6. The Labute approximate surface area is 338 Å². The molecule has 2 atom stereocenters. The highest BCUT2D eigenvalue weighted by Crippen LogP contribution is 2.45. The van der Waals surface area contributed by atoms with Gasteiger partial charge in [-0.2, -0.15) is 9.61 Å². The fourth-order valence-electron chi connectivity index (χ4n) is 6.84. The molecule has 5 heterocycles. The molecule has 3 aromatic heterocycles. The molecule has 2 aliphatic rings. The molecule has 308 valence electrons. The average Bonchev–Trinajstić information content (AvgIpc) is 3.76. The lowest BCUT2D eigenvalue weighted by molar-refractivity contribution is 0.00568. The van der Waals surface area contributed by atoms with Crippen molar-refractivity contribution in [2.45, 2.75) is 167 Å². The molecule has 0 aromatic carbocycles. The number of thiazole rings is 1. The number of aromatic nitrogens is 4. The van der Waals surface area contributed by atoms with Gasteiger partial charge in [-0.05, 0) is 76.7 Å². The van der Waals surface area contributed by atoms with E-state index in [2.05, 4.69) is 84.1 Å². The molecule has 15 heteroatoms. The van der Waals surface area contributed by atoms with Crippen molar-refractivity contribution in [3.05, 3.63) is 29.2 Å². The molecule has 2 unspecified atom stereocenters. The zero-order valence-corrected chi connectivity index (χ0v) is 40.2. The number of ether oxygens (including phenoxy) is 3. The molecule has 11 nitrogen and oxygen atoms in total. The standard InChI is InChI=1S/C40H70N6O5SSi3/c1-39(2,3)51-38(47)45-30-15-16-31(45)22-29(21-30)33-23-36(44(27-48-17-19-53(7,8)9)28-49-18-20-54(10,11)12)46-37(43-33)32(24-42-46)34-25-41-35(52-34)26-50-55(13,14)40(4,5)6/h23-25,29-31H,15-22,26-28H2,1-14H3. The first-order valence-electron chi connectivity index (χ1n) is 20.3. The number of carbonyl (C=O) groups is 1. The van der Waals surface area contributed by atoms with Gasteiger partial charge in [-0.25, -0.2) is 14.8 Å². The number of rotatable bonds is 16. The Morgan fingerprint density at radius 2 is 1.47 bits per heavy atom. The van der Waals surface area contributed by atoms with Crippen LogP contribution in [0.15, 0.2) is 18.5 Å². The van der Waals surface area contributed by atoms with Crippen molar-refractivity contribution in [1.29, 1.82) is 0 Å². The number of nitrogens with zero attached hydrogens (tertiary/aromatic N) is 6. The van der Waals surface area contributed by atoms with Crippen LogP contribution >= 0.6 is 11.3 Å². The monoisotopic (exact) mass is 830 g/mol. The molecule has 55 heavy (non-hydrogen) atoms. The van der Waals surface area contributed by atoms with Crippen LogP contribution in [0.3, 0.4) is 0 Å². The highest BCUT2D eigenvalue weighted by atomic mass is 32.1. The maximum absolute atomic E-state index is 13.4. The number of piperidine rings is 1. The first-order chi connectivity index (χ1) is 25.4. The SMILES string of the molecule is CC(C)(C)OC(=O)N1C2CCC1CC(c1cc(N(COCC[Si](C)(C)C)COCC[Si](C)(C)C)n3ncc(-c4cnc(CO[Si](C)(C)C(C)(C)C)s4)c3n1)C2. The first-order valence-corrected chi connectivity index (χ1v) is 31.4. The van der Waals surface area contributed by atoms with Crippen molar-refractivity contribution in [1.82, 2.24) is 24.5 Å². The summed E-state index contributed by atoms with van der Waals surface area (Å²) in [6, 6.07) is 4.63. The first kappa shape index (κ1) is 44.0. The smallest absolute Gasteiger partial charge is 0.410 e. The molecule has 2 aliphatic heterocycles. The summed E-state index contributed by atoms with van der Waals surface area (Å²) in [4.78, 5) is 28.8. The Morgan fingerprint density at radius 1 is 0.891 bits per heavy atom. The largest absolute Gasteiger partial charge is 0.444 e. The molecule has 3 aromatic rings. The highest BCUT2D eigenvalue weighted by molar-refractivity contribution is 7.15. The number of hydrogen-bond donors (Lipinski definition) is 0. The van der Waals surface area contributed by atoms with E-state index in [1.54, 1.807) is 11.3 Å². The minimum Gasteiger partial charge on any atom is -0.444 e. The van der Waals surface area contributed by atoms with Crippen molar-refractivity contribution in [3.8, 4) is 10.4 Å². The van der Waals surface area contributed by atoms with Gasteiger partial charge in [0.1, 0.15) is 29.9 Å². The summed E-state index contributed by atoms with van der Waals surface area (Å²) in [5.74, 6) is 1.08. The lowest BCUT2D eigenvalue weighted by atomic mass is 9.88. The summed E-state index contributed by atoms with van der Waals surface area (Å²) < 4.78 is 27.2. The van der Waals surface area contributed by atoms with Crippen molar-refractivity contribution >= 4 is 53.4 Å². The van der Waals surface area contributed by atoms with Gasteiger partial charge in [-0.1, -0.05) is 60.1 Å². The van der Waals surface area contributed by atoms with E-state index in [4.69, 9.17) is 33.7 Å². The Hall–Kier alpha value is -2.15. The van der Waals surface area contributed by atoms with E-state index in [0.717, 1.165) is 70.4 Å². The summed E-state index contributed by atoms with van der Waals surface area (Å²) in [6.45, 7) is 34.1. The molecule has 0 saturated carbocycles. The van der Waals surface area contributed by atoms with E-state index in [1.165, 1.54) is 0 Å². The van der Waals surface area contributed by atoms with Crippen LogP contribution in [-0.4, -0.2) is 99.4 Å². The van der Waals surface area contributed by atoms with Gasteiger partial charge in [-0.15, -0.1) is 11.3 Å². The minimum atomic E-state index is -1.93. The summed E-state index contributed by atoms with van der Waals surface area (Å²) in [7, 11) is -4.48. The van der Waals surface area contributed by atoms with E-state index >= 15 is 0 Å². The van der Waals surface area contributed by atoms with Gasteiger partial charge in [-0.3, -0.25) is 0 Å². The number of anilines is 1. The second-order valence-corrected chi connectivity index (χ2v) is 37.8. The summed E-state index contributed by atoms with van der Waals surface area (Å²) in [6.07, 6.45) is 7.32. The van der Waals surface area contributed by atoms with Gasteiger partial charge in [0.2, 0.25) is 0 Å². The van der Waals surface area contributed by atoms with Gasteiger partial charge >= 0.3 is 6.09 Å². The number of fused-ring (bicyclic) bond motifs is 3. The number of hydrogen-bond acceptors (Lipinski definition) is 10. The fraction of sp³-hybridized carbons (Fsp3) is 0.750. The summed E-state index contributed by atoms with van der Waals surface area (Å²) in [5, 5.41) is 6.05. The number of carbonyl (C=O) groups excluding carboxylic acids is 1. The third-order valence-corrected chi connectivity index (χ3v) is 20.1. The quantitative estimate of drug-likeness (QED) is 0.0793. The van der Waals surface area contributed by atoms with E-state index in [1.807, 2.05) is 42.6 Å². The fourth-order valence-corrected chi connectivity index (χ4v) is 10.2. The Balaban J connectivity index is 1.51. The lowest BCUT2D eigenvalue weighted by Gasteiger charge is -2.39. The van der Waals surface area contributed by atoms with Gasteiger partial charge < -0.3 is 28.4 Å². The maximum Gasteiger partial charge on any atom is 0.410 e. The second kappa shape index (κ2) is 17.0. The van der Waals surface area contributed by atoms with Crippen LogP contribution in [0.4, 0.5) is 10.6 Å². The summed E-state index contributed by atoms with van der Waals surface area (Å²) in [5.41, 5.74) is 2.24. The van der Waals surface area contributed by atoms with Gasteiger partial charge in [0.15, 0.2) is 14.0 Å². The van der Waals surface area contributed by atoms with Crippen molar-refractivity contribution in [3.63, 3.8) is 0 Å². The second-order valence-electron chi connectivity index (χ2n) is 20.7. The van der Waals surface area contributed by atoms with Crippen LogP contribution in [0.5, 0.6) is 0 Å². The van der Waals surface area contributed by atoms with Crippen LogP contribution < -0.4 is 4.90 Å². The maximum atomic E-state index is 13.4. The molecule has 2 bridgehead atoms.